The van der Waals surface area contributed by atoms with Gasteiger partial charge in [-0.05, 0) is 66.4 Å². The van der Waals surface area contributed by atoms with Crippen molar-refractivity contribution >= 4 is 22.1 Å². The van der Waals surface area contributed by atoms with Gasteiger partial charge < -0.3 is 5.32 Å². The van der Waals surface area contributed by atoms with Crippen molar-refractivity contribution in [2.45, 2.75) is 18.9 Å². The van der Waals surface area contributed by atoms with Crippen LogP contribution in [0.2, 0.25) is 0 Å². The van der Waals surface area contributed by atoms with E-state index in [9.17, 15) is 0 Å². The number of nitrogens with one attached hydrogen (secondary N) is 3. The number of anilines is 2. The van der Waals surface area contributed by atoms with Gasteiger partial charge in [0.1, 0.15) is 0 Å². The maximum absolute atomic E-state index is 3.58. The first-order valence-corrected chi connectivity index (χ1v) is 9.49. The standard InChI is InChI=1S/C22H24N4/c1-2-7-17-14-18(12-11-16(17)6-1)22(19-8-5-13-23-15-19)26-24-20-9-3-4-10-21(20)25-26/h1-4,6-7,9-12,14,19,22-25H,5,8,13,15H2/t19-,22?/m1/s1. The third-order valence-corrected chi connectivity index (χ3v) is 5.58. The summed E-state index contributed by atoms with van der Waals surface area (Å²) >= 11 is 0. The Hall–Kier alpha value is -2.56. The summed E-state index contributed by atoms with van der Waals surface area (Å²) < 4.78 is 0. The van der Waals surface area contributed by atoms with Gasteiger partial charge in [-0.15, -0.1) is 5.12 Å². The molecule has 4 nitrogen and oxygen atoms in total. The summed E-state index contributed by atoms with van der Waals surface area (Å²) in [5, 5.41) is 8.38. The second kappa shape index (κ2) is 6.63. The van der Waals surface area contributed by atoms with Crippen molar-refractivity contribution in [1.82, 2.24) is 10.4 Å². The Kier molecular flexibility index (Phi) is 4.00. The monoisotopic (exact) mass is 344 g/mol. The van der Waals surface area contributed by atoms with Gasteiger partial charge in [-0.1, -0.05) is 48.5 Å². The fraction of sp³-hybridized carbons (Fsp3) is 0.273. The Morgan fingerprint density at radius 3 is 2.31 bits per heavy atom. The zero-order valence-electron chi connectivity index (χ0n) is 14.8. The van der Waals surface area contributed by atoms with Crippen molar-refractivity contribution in [3.05, 3.63) is 72.3 Å². The van der Waals surface area contributed by atoms with E-state index in [-0.39, 0.29) is 6.04 Å². The average Bonchev–Trinajstić information content (AvgIpc) is 3.12. The lowest BCUT2D eigenvalue weighted by molar-refractivity contribution is 0.183. The molecular formula is C22H24N4. The Morgan fingerprint density at radius 1 is 0.846 bits per heavy atom. The molecule has 26 heavy (non-hydrogen) atoms. The van der Waals surface area contributed by atoms with Crippen LogP contribution in [0.4, 0.5) is 11.4 Å². The Bertz CT molecular complexity index is 892. The predicted molar refractivity (Wildman–Crippen MR) is 108 cm³/mol. The van der Waals surface area contributed by atoms with E-state index < -0.39 is 0 Å². The van der Waals surface area contributed by atoms with Gasteiger partial charge in [0.2, 0.25) is 0 Å². The Balaban J connectivity index is 1.53. The highest BCUT2D eigenvalue weighted by Crippen LogP contribution is 2.39. The average molecular weight is 344 g/mol. The third-order valence-electron chi connectivity index (χ3n) is 5.58. The third kappa shape index (κ3) is 2.81. The smallest absolute Gasteiger partial charge is 0.0789 e. The van der Waals surface area contributed by atoms with Gasteiger partial charge in [-0.2, -0.15) is 0 Å². The van der Waals surface area contributed by atoms with E-state index in [1.54, 1.807) is 0 Å². The first-order chi connectivity index (χ1) is 12.9. The lowest BCUT2D eigenvalue weighted by Gasteiger charge is -2.37. The summed E-state index contributed by atoms with van der Waals surface area (Å²) in [4.78, 5) is 0. The van der Waals surface area contributed by atoms with E-state index in [1.807, 2.05) is 0 Å². The molecule has 4 heteroatoms. The van der Waals surface area contributed by atoms with E-state index in [0.29, 0.717) is 5.92 Å². The van der Waals surface area contributed by atoms with E-state index in [4.69, 9.17) is 0 Å². The first kappa shape index (κ1) is 15.7. The van der Waals surface area contributed by atoms with Crippen LogP contribution in [0.3, 0.4) is 0 Å². The molecule has 0 spiro atoms. The number of hydrogen-bond donors (Lipinski definition) is 3. The molecule has 2 aliphatic heterocycles. The molecule has 132 valence electrons. The SMILES string of the molecule is c1ccc2c(c1)NN(C(c1ccc3ccccc3c1)[C@@H]1CCCNC1)N2. The van der Waals surface area contributed by atoms with Crippen LogP contribution < -0.4 is 16.2 Å². The molecule has 1 unspecified atom stereocenters. The highest BCUT2D eigenvalue weighted by molar-refractivity contribution is 5.83. The minimum absolute atomic E-state index is 0.264. The van der Waals surface area contributed by atoms with Gasteiger partial charge in [0.05, 0.1) is 17.4 Å². The molecule has 2 heterocycles. The zero-order valence-corrected chi connectivity index (χ0v) is 14.8. The van der Waals surface area contributed by atoms with Crippen LogP contribution in [0, 0.1) is 5.92 Å². The van der Waals surface area contributed by atoms with Crippen LogP contribution >= 0.6 is 0 Å². The van der Waals surface area contributed by atoms with Crippen LogP contribution in [0.15, 0.2) is 66.7 Å². The topological polar surface area (TPSA) is 39.3 Å². The molecule has 0 aliphatic carbocycles. The predicted octanol–water partition coefficient (Wildman–Crippen LogP) is 4.55. The molecule has 2 aliphatic rings. The molecule has 2 atom stereocenters. The summed E-state index contributed by atoms with van der Waals surface area (Å²) in [6.45, 7) is 2.18. The largest absolute Gasteiger partial charge is 0.316 e. The van der Waals surface area contributed by atoms with Gasteiger partial charge in [0, 0.05) is 0 Å². The molecule has 5 rings (SSSR count). The zero-order chi connectivity index (χ0) is 17.3. The van der Waals surface area contributed by atoms with E-state index in [1.165, 1.54) is 29.2 Å². The highest BCUT2D eigenvalue weighted by Gasteiger charge is 2.33. The Morgan fingerprint density at radius 2 is 1.58 bits per heavy atom. The number of fused-ring (bicyclic) bond motifs is 2. The van der Waals surface area contributed by atoms with Crippen LogP contribution in [-0.2, 0) is 0 Å². The quantitative estimate of drug-likeness (QED) is 0.652. The maximum atomic E-state index is 3.58. The maximum Gasteiger partial charge on any atom is 0.0789 e. The number of benzene rings is 3. The molecule has 3 N–H and O–H groups in total. The number of rotatable bonds is 3. The van der Waals surface area contributed by atoms with Crippen molar-refractivity contribution in [3.63, 3.8) is 0 Å². The Labute approximate surface area is 154 Å². The fourth-order valence-electron chi connectivity index (χ4n) is 4.28. The molecule has 1 fully saturated rings. The van der Waals surface area contributed by atoms with E-state index in [2.05, 4.69) is 88.0 Å². The molecule has 3 aromatic carbocycles. The van der Waals surface area contributed by atoms with Gasteiger partial charge in [-0.25, -0.2) is 0 Å². The number of piperidine rings is 1. The van der Waals surface area contributed by atoms with Crippen molar-refractivity contribution in [3.8, 4) is 0 Å². The van der Waals surface area contributed by atoms with Gasteiger partial charge in [0.25, 0.3) is 0 Å². The van der Waals surface area contributed by atoms with Gasteiger partial charge in [0.15, 0.2) is 0 Å². The normalized spacial score (nSPS) is 21.0. The minimum atomic E-state index is 0.264. The van der Waals surface area contributed by atoms with Crippen LogP contribution in [0.1, 0.15) is 24.4 Å². The molecule has 0 amide bonds. The van der Waals surface area contributed by atoms with Gasteiger partial charge >= 0.3 is 0 Å². The summed E-state index contributed by atoms with van der Waals surface area (Å²) in [5.74, 6) is 0.555. The molecular weight excluding hydrogens is 320 g/mol. The van der Waals surface area contributed by atoms with Gasteiger partial charge in [-0.3, -0.25) is 10.9 Å². The second-order valence-corrected chi connectivity index (χ2v) is 7.30. The fourth-order valence-corrected chi connectivity index (χ4v) is 4.28. The summed E-state index contributed by atoms with van der Waals surface area (Å²) in [6.07, 6.45) is 2.47. The number of hydrogen-bond acceptors (Lipinski definition) is 4. The molecule has 0 aromatic heterocycles. The minimum Gasteiger partial charge on any atom is -0.316 e. The van der Waals surface area contributed by atoms with Crippen molar-refractivity contribution in [1.29, 1.82) is 0 Å². The molecule has 0 bridgehead atoms. The summed E-state index contributed by atoms with van der Waals surface area (Å²) in [7, 11) is 0. The highest BCUT2D eigenvalue weighted by atomic mass is 15.8. The number of hydrazine groups is 2. The lowest BCUT2D eigenvalue weighted by atomic mass is 9.86. The van der Waals surface area contributed by atoms with Crippen LogP contribution in [0.25, 0.3) is 10.8 Å². The van der Waals surface area contributed by atoms with Crippen LogP contribution in [0.5, 0.6) is 0 Å². The molecule has 1 saturated heterocycles. The van der Waals surface area contributed by atoms with E-state index >= 15 is 0 Å². The molecule has 3 aromatic rings. The lowest BCUT2D eigenvalue weighted by Crippen LogP contribution is -2.43. The van der Waals surface area contributed by atoms with Crippen molar-refractivity contribution < 1.29 is 0 Å². The van der Waals surface area contributed by atoms with Crippen molar-refractivity contribution in [2.75, 3.05) is 23.9 Å². The first-order valence-electron chi connectivity index (χ1n) is 9.49. The summed E-state index contributed by atoms with van der Waals surface area (Å²) in [6, 6.07) is 24.1. The van der Waals surface area contributed by atoms with E-state index in [0.717, 1.165) is 24.5 Å². The van der Waals surface area contributed by atoms with Crippen LogP contribution in [-0.4, -0.2) is 18.2 Å². The number of para-hydroxylation sites is 2. The summed E-state index contributed by atoms with van der Waals surface area (Å²) in [5.41, 5.74) is 10.8. The molecule has 0 radical (unpaired) electrons. The second-order valence-electron chi connectivity index (χ2n) is 7.30. The number of nitrogens with zero attached hydrogens (tertiary/aromatic N) is 1. The van der Waals surface area contributed by atoms with Crippen molar-refractivity contribution in [2.24, 2.45) is 5.92 Å². The molecule has 0 saturated carbocycles.